The minimum atomic E-state index is -0.972. The molecule has 0 fully saturated rings. The highest BCUT2D eigenvalue weighted by Gasteiger charge is 2.16. The SMILES string of the molecule is O=C(Nc1cc(Cl)nc(Cl)n1)c1cc(F)c(Cl)cc1F. The molecule has 9 heteroatoms. The van der Waals surface area contributed by atoms with E-state index in [4.69, 9.17) is 34.8 Å². The maximum atomic E-state index is 13.5. The van der Waals surface area contributed by atoms with E-state index < -0.39 is 28.1 Å². The second-order valence-corrected chi connectivity index (χ2v) is 4.68. The molecule has 4 nitrogen and oxygen atoms in total. The summed E-state index contributed by atoms with van der Waals surface area (Å²) in [6.07, 6.45) is 0. The average molecular weight is 339 g/mol. The molecule has 1 aromatic heterocycles. The lowest BCUT2D eigenvalue weighted by molar-refractivity contribution is 0.102. The quantitative estimate of drug-likeness (QED) is 0.512. The van der Waals surface area contributed by atoms with Gasteiger partial charge in [-0.05, 0) is 23.7 Å². The zero-order valence-electron chi connectivity index (χ0n) is 9.42. The Hall–Kier alpha value is -1.50. The molecule has 2 rings (SSSR count). The smallest absolute Gasteiger partial charge is 0.259 e. The van der Waals surface area contributed by atoms with Crippen molar-refractivity contribution in [2.24, 2.45) is 0 Å². The predicted molar refractivity (Wildman–Crippen MR) is 71.4 cm³/mol. The number of nitrogens with one attached hydrogen (secondary N) is 1. The van der Waals surface area contributed by atoms with Gasteiger partial charge in [0.15, 0.2) is 0 Å². The third kappa shape index (κ3) is 3.33. The van der Waals surface area contributed by atoms with Crippen molar-refractivity contribution < 1.29 is 13.6 Å². The number of halogens is 5. The topological polar surface area (TPSA) is 54.9 Å². The summed E-state index contributed by atoms with van der Waals surface area (Å²) in [7, 11) is 0. The van der Waals surface area contributed by atoms with Crippen LogP contribution in [0.3, 0.4) is 0 Å². The maximum absolute atomic E-state index is 13.5. The summed E-state index contributed by atoms with van der Waals surface area (Å²) in [5.74, 6) is -2.87. The summed E-state index contributed by atoms with van der Waals surface area (Å²) in [6, 6.07) is 2.58. The molecule has 1 amide bonds. The van der Waals surface area contributed by atoms with Crippen molar-refractivity contribution in [2.45, 2.75) is 0 Å². The van der Waals surface area contributed by atoms with Crippen molar-refractivity contribution in [3.63, 3.8) is 0 Å². The molecule has 0 bridgehead atoms. The first-order valence-corrected chi connectivity index (χ1v) is 6.16. The van der Waals surface area contributed by atoms with Crippen molar-refractivity contribution in [3.8, 4) is 0 Å². The van der Waals surface area contributed by atoms with Crippen LogP contribution in [0.1, 0.15) is 10.4 Å². The number of anilines is 1. The fourth-order valence-electron chi connectivity index (χ4n) is 1.33. The van der Waals surface area contributed by atoms with E-state index in [1.807, 2.05) is 0 Å². The van der Waals surface area contributed by atoms with Gasteiger partial charge in [-0.1, -0.05) is 23.2 Å². The van der Waals surface area contributed by atoms with Crippen LogP contribution >= 0.6 is 34.8 Å². The van der Waals surface area contributed by atoms with Gasteiger partial charge in [-0.25, -0.2) is 18.7 Å². The fourth-order valence-corrected chi connectivity index (χ4v) is 1.89. The summed E-state index contributed by atoms with van der Waals surface area (Å²) in [5, 5.41) is 1.59. The molecule has 0 spiro atoms. The molecule has 0 saturated carbocycles. The number of carbonyl (C=O) groups excluding carboxylic acids is 1. The fraction of sp³-hybridized carbons (Fsp3) is 0. The van der Waals surface area contributed by atoms with E-state index in [1.165, 1.54) is 6.07 Å². The van der Waals surface area contributed by atoms with E-state index in [9.17, 15) is 13.6 Å². The Balaban J connectivity index is 2.30. The third-order valence-corrected chi connectivity index (χ3v) is 2.82. The zero-order valence-corrected chi connectivity index (χ0v) is 11.7. The summed E-state index contributed by atoms with van der Waals surface area (Å²) in [6.45, 7) is 0. The first-order chi connectivity index (χ1) is 9.36. The largest absolute Gasteiger partial charge is 0.306 e. The molecular formula is C11H4Cl3F2N3O. The van der Waals surface area contributed by atoms with Crippen LogP contribution in [0.25, 0.3) is 0 Å². The molecule has 1 aromatic carbocycles. The molecule has 0 unspecified atom stereocenters. The highest BCUT2D eigenvalue weighted by molar-refractivity contribution is 6.32. The average Bonchev–Trinajstić information content (AvgIpc) is 2.32. The molecule has 0 aliphatic carbocycles. The van der Waals surface area contributed by atoms with Gasteiger partial charge in [0.2, 0.25) is 5.28 Å². The lowest BCUT2D eigenvalue weighted by atomic mass is 10.2. The molecule has 20 heavy (non-hydrogen) atoms. The van der Waals surface area contributed by atoms with Crippen molar-refractivity contribution >= 4 is 46.5 Å². The second kappa shape index (κ2) is 5.87. The normalized spacial score (nSPS) is 10.4. The first-order valence-electron chi connectivity index (χ1n) is 5.03. The molecule has 1 N–H and O–H groups in total. The monoisotopic (exact) mass is 337 g/mol. The number of hydrogen-bond donors (Lipinski definition) is 1. The Morgan fingerprint density at radius 3 is 2.40 bits per heavy atom. The van der Waals surface area contributed by atoms with E-state index in [1.54, 1.807) is 0 Å². The van der Waals surface area contributed by atoms with E-state index in [0.29, 0.717) is 12.1 Å². The van der Waals surface area contributed by atoms with Gasteiger partial charge in [-0.2, -0.15) is 0 Å². The highest BCUT2D eigenvalue weighted by Crippen LogP contribution is 2.21. The van der Waals surface area contributed by atoms with E-state index in [0.717, 1.165) is 0 Å². The van der Waals surface area contributed by atoms with Gasteiger partial charge in [0.25, 0.3) is 5.91 Å². The minimum absolute atomic E-state index is 0.0111. The lowest BCUT2D eigenvalue weighted by Gasteiger charge is -2.06. The van der Waals surface area contributed by atoms with Crippen LogP contribution in [0.2, 0.25) is 15.5 Å². The van der Waals surface area contributed by atoms with Crippen molar-refractivity contribution in [1.29, 1.82) is 0 Å². The van der Waals surface area contributed by atoms with Crippen molar-refractivity contribution in [1.82, 2.24) is 9.97 Å². The number of carbonyl (C=O) groups is 1. The summed E-state index contributed by atoms with van der Waals surface area (Å²) in [4.78, 5) is 19.1. The summed E-state index contributed by atoms with van der Waals surface area (Å²) in [5.41, 5.74) is -0.530. The second-order valence-electron chi connectivity index (χ2n) is 3.55. The van der Waals surface area contributed by atoms with Crippen LogP contribution in [0.15, 0.2) is 18.2 Å². The van der Waals surface area contributed by atoms with E-state index >= 15 is 0 Å². The van der Waals surface area contributed by atoms with Crippen LogP contribution in [-0.2, 0) is 0 Å². The zero-order chi connectivity index (χ0) is 14.9. The number of amides is 1. The highest BCUT2D eigenvalue weighted by atomic mass is 35.5. The Labute approximate surface area is 126 Å². The predicted octanol–water partition coefficient (Wildman–Crippen LogP) is 3.97. The number of benzene rings is 1. The number of nitrogens with zero attached hydrogens (tertiary/aromatic N) is 2. The molecule has 0 aliphatic rings. The summed E-state index contributed by atoms with van der Waals surface area (Å²) < 4.78 is 26.8. The van der Waals surface area contributed by atoms with E-state index in [2.05, 4.69) is 15.3 Å². The van der Waals surface area contributed by atoms with Gasteiger partial charge in [0, 0.05) is 6.07 Å². The van der Waals surface area contributed by atoms with Crippen molar-refractivity contribution in [2.75, 3.05) is 5.32 Å². The molecular weight excluding hydrogens is 334 g/mol. The first kappa shape index (κ1) is 14.9. The van der Waals surface area contributed by atoms with Gasteiger partial charge in [0.05, 0.1) is 10.6 Å². The molecule has 1 heterocycles. The summed E-state index contributed by atoms with van der Waals surface area (Å²) >= 11 is 16.6. The molecule has 0 radical (unpaired) electrons. The molecule has 0 aliphatic heterocycles. The van der Waals surface area contributed by atoms with Gasteiger partial charge < -0.3 is 5.32 Å². The van der Waals surface area contributed by atoms with Crippen LogP contribution < -0.4 is 5.32 Å². The molecule has 0 atom stereocenters. The lowest BCUT2D eigenvalue weighted by Crippen LogP contribution is -2.15. The van der Waals surface area contributed by atoms with Gasteiger partial charge >= 0.3 is 0 Å². The van der Waals surface area contributed by atoms with Crippen LogP contribution in [0.4, 0.5) is 14.6 Å². The number of aromatic nitrogens is 2. The Morgan fingerprint density at radius 1 is 1.05 bits per heavy atom. The molecule has 0 saturated heterocycles. The number of rotatable bonds is 2. The molecule has 2 aromatic rings. The standard InChI is InChI=1S/C11H4Cl3F2N3O/c12-5-2-6(15)4(1-7(5)16)10(20)18-9-3-8(13)17-11(14)19-9/h1-3H,(H,17,18,19,20). The van der Waals surface area contributed by atoms with Crippen molar-refractivity contribution in [3.05, 3.63) is 50.9 Å². The Morgan fingerprint density at radius 2 is 1.75 bits per heavy atom. The Kier molecular flexibility index (Phi) is 4.37. The minimum Gasteiger partial charge on any atom is -0.306 e. The number of hydrogen-bond acceptors (Lipinski definition) is 3. The van der Waals surface area contributed by atoms with Crippen LogP contribution in [0.5, 0.6) is 0 Å². The van der Waals surface area contributed by atoms with Gasteiger partial charge in [-0.3, -0.25) is 4.79 Å². The van der Waals surface area contributed by atoms with Crippen LogP contribution in [-0.4, -0.2) is 15.9 Å². The van der Waals surface area contributed by atoms with Crippen LogP contribution in [0, 0.1) is 11.6 Å². The van der Waals surface area contributed by atoms with Gasteiger partial charge in [0.1, 0.15) is 22.6 Å². The van der Waals surface area contributed by atoms with Gasteiger partial charge in [-0.15, -0.1) is 0 Å². The van der Waals surface area contributed by atoms with E-state index in [-0.39, 0.29) is 16.3 Å². The third-order valence-electron chi connectivity index (χ3n) is 2.16. The Bertz CT molecular complexity index is 677. The molecule has 104 valence electrons. The maximum Gasteiger partial charge on any atom is 0.259 e.